The second-order valence-corrected chi connectivity index (χ2v) is 6.30. The highest BCUT2D eigenvalue weighted by molar-refractivity contribution is 7.98. The Balaban J connectivity index is 2.37. The molecule has 4 nitrogen and oxygen atoms in total. The smallest absolute Gasteiger partial charge is 0.252 e. The molecule has 3 rings (SSSR count). The van der Waals surface area contributed by atoms with Gasteiger partial charge in [0.25, 0.3) is 5.56 Å². The third-order valence-corrected chi connectivity index (χ3v) is 5.10. The van der Waals surface area contributed by atoms with Gasteiger partial charge in [-0.1, -0.05) is 18.7 Å². The first kappa shape index (κ1) is 13.6. The van der Waals surface area contributed by atoms with Crippen LogP contribution in [0.2, 0.25) is 0 Å². The zero-order chi connectivity index (χ0) is 14.3. The molecule has 1 fully saturated rings. The fraction of sp³-hybridized carbons (Fsp3) is 0.533. The molecule has 0 spiro atoms. The fourth-order valence-electron chi connectivity index (χ4n) is 3.11. The van der Waals surface area contributed by atoms with Crippen molar-refractivity contribution >= 4 is 22.8 Å². The van der Waals surface area contributed by atoms with Crippen molar-refractivity contribution in [2.24, 2.45) is 0 Å². The van der Waals surface area contributed by atoms with Crippen LogP contribution in [0.3, 0.4) is 0 Å². The van der Waals surface area contributed by atoms with Crippen LogP contribution < -0.4 is 5.56 Å². The summed E-state index contributed by atoms with van der Waals surface area (Å²) in [4.78, 5) is 21.5. The van der Waals surface area contributed by atoms with Crippen molar-refractivity contribution in [3.63, 3.8) is 0 Å². The number of fused-ring (bicyclic) bond motifs is 1. The van der Waals surface area contributed by atoms with Gasteiger partial charge in [-0.25, -0.2) is 9.97 Å². The molecule has 20 heavy (non-hydrogen) atoms. The van der Waals surface area contributed by atoms with Gasteiger partial charge in [0.2, 0.25) is 0 Å². The van der Waals surface area contributed by atoms with E-state index in [9.17, 15) is 4.79 Å². The summed E-state index contributed by atoms with van der Waals surface area (Å²) in [7, 11) is 0. The normalized spacial score (nSPS) is 17.1. The highest BCUT2D eigenvalue weighted by atomic mass is 32.2. The molecule has 0 bridgehead atoms. The highest BCUT2D eigenvalue weighted by Crippen LogP contribution is 2.42. The largest absolute Gasteiger partial charge is 0.286 e. The molecule has 0 N–H and O–H groups in total. The minimum absolute atomic E-state index is 0.0347. The SMILES string of the molecule is CCC1(n2c(=O)cc(C)c3cnc(SC)nc32)CCC1. The van der Waals surface area contributed by atoms with E-state index in [4.69, 9.17) is 0 Å². The first-order chi connectivity index (χ1) is 9.61. The van der Waals surface area contributed by atoms with E-state index < -0.39 is 0 Å². The van der Waals surface area contributed by atoms with E-state index in [-0.39, 0.29) is 11.1 Å². The lowest BCUT2D eigenvalue weighted by Gasteiger charge is -2.43. The van der Waals surface area contributed by atoms with Crippen LogP contribution in [0.15, 0.2) is 22.2 Å². The standard InChI is InChI=1S/C15H19N3OS/c1-4-15(6-5-7-15)18-12(19)8-10(2)11-9-16-14(20-3)17-13(11)18/h8-9H,4-7H2,1-3H3. The van der Waals surface area contributed by atoms with Crippen LogP contribution in [-0.2, 0) is 5.54 Å². The molecule has 1 aliphatic rings. The Kier molecular flexibility index (Phi) is 3.32. The number of aryl methyl sites for hydroxylation is 1. The van der Waals surface area contributed by atoms with Gasteiger partial charge < -0.3 is 0 Å². The van der Waals surface area contributed by atoms with Crippen molar-refractivity contribution in [3.05, 3.63) is 28.2 Å². The van der Waals surface area contributed by atoms with E-state index in [1.54, 1.807) is 6.07 Å². The third kappa shape index (κ3) is 1.87. The quantitative estimate of drug-likeness (QED) is 0.643. The van der Waals surface area contributed by atoms with E-state index in [1.165, 1.54) is 18.2 Å². The van der Waals surface area contributed by atoms with Crippen LogP contribution in [-0.4, -0.2) is 20.8 Å². The molecule has 2 aromatic rings. The van der Waals surface area contributed by atoms with Crippen LogP contribution in [0.4, 0.5) is 0 Å². The summed E-state index contributed by atoms with van der Waals surface area (Å²) in [6.45, 7) is 4.11. The summed E-state index contributed by atoms with van der Waals surface area (Å²) in [5.41, 5.74) is 1.80. The van der Waals surface area contributed by atoms with Gasteiger partial charge in [-0.15, -0.1) is 0 Å². The Labute approximate surface area is 122 Å². The molecule has 106 valence electrons. The first-order valence-corrected chi connectivity index (χ1v) is 8.27. The number of hydrogen-bond donors (Lipinski definition) is 0. The summed E-state index contributed by atoms with van der Waals surface area (Å²) in [6, 6.07) is 1.72. The Hall–Kier alpha value is -1.36. The van der Waals surface area contributed by atoms with E-state index in [0.717, 1.165) is 41.0 Å². The number of hydrogen-bond acceptors (Lipinski definition) is 4. The molecule has 0 radical (unpaired) electrons. The Bertz CT molecular complexity index is 713. The van der Waals surface area contributed by atoms with Gasteiger partial charge in [-0.3, -0.25) is 9.36 Å². The molecule has 0 amide bonds. The van der Waals surface area contributed by atoms with E-state index in [1.807, 2.05) is 23.9 Å². The maximum absolute atomic E-state index is 12.5. The lowest BCUT2D eigenvalue weighted by Crippen LogP contribution is -2.46. The van der Waals surface area contributed by atoms with Crippen LogP contribution in [0, 0.1) is 6.92 Å². The lowest BCUT2D eigenvalue weighted by atomic mass is 9.74. The second-order valence-electron chi connectivity index (χ2n) is 5.53. The Morgan fingerprint density at radius 3 is 2.75 bits per heavy atom. The molecule has 0 aromatic carbocycles. The van der Waals surface area contributed by atoms with Gasteiger partial charge in [0.1, 0.15) is 5.65 Å². The van der Waals surface area contributed by atoms with Gasteiger partial charge in [-0.2, -0.15) is 0 Å². The van der Waals surface area contributed by atoms with E-state index in [2.05, 4.69) is 16.9 Å². The van der Waals surface area contributed by atoms with Crippen molar-refractivity contribution in [2.45, 2.75) is 50.2 Å². The number of pyridine rings is 1. The third-order valence-electron chi connectivity index (χ3n) is 4.54. The molecule has 2 aromatic heterocycles. The van der Waals surface area contributed by atoms with Crippen molar-refractivity contribution in [2.75, 3.05) is 6.26 Å². The summed E-state index contributed by atoms with van der Waals surface area (Å²) < 4.78 is 1.93. The number of aromatic nitrogens is 3. The molecule has 0 aliphatic heterocycles. The van der Waals surface area contributed by atoms with Gasteiger partial charge in [-0.05, 0) is 44.4 Å². The van der Waals surface area contributed by atoms with Gasteiger partial charge in [0.15, 0.2) is 5.16 Å². The number of thioether (sulfide) groups is 1. The molecular weight excluding hydrogens is 270 g/mol. The summed E-state index contributed by atoms with van der Waals surface area (Å²) >= 11 is 1.51. The summed E-state index contributed by atoms with van der Waals surface area (Å²) in [6.07, 6.45) is 8.11. The summed E-state index contributed by atoms with van der Waals surface area (Å²) in [5, 5.41) is 1.71. The molecule has 2 heterocycles. The van der Waals surface area contributed by atoms with Crippen molar-refractivity contribution in [1.29, 1.82) is 0 Å². The molecular formula is C15H19N3OS. The molecule has 5 heteroatoms. The lowest BCUT2D eigenvalue weighted by molar-refractivity contribution is 0.136. The molecule has 0 unspecified atom stereocenters. The highest BCUT2D eigenvalue weighted by Gasteiger charge is 2.39. The Morgan fingerprint density at radius 2 is 2.20 bits per heavy atom. The van der Waals surface area contributed by atoms with Crippen LogP contribution >= 0.6 is 11.8 Å². The van der Waals surface area contributed by atoms with Crippen molar-refractivity contribution < 1.29 is 0 Å². The molecule has 0 saturated heterocycles. The maximum atomic E-state index is 12.5. The summed E-state index contributed by atoms with van der Waals surface area (Å²) in [5.74, 6) is 0. The number of rotatable bonds is 3. The average Bonchev–Trinajstić information content (AvgIpc) is 2.40. The minimum Gasteiger partial charge on any atom is -0.286 e. The maximum Gasteiger partial charge on any atom is 0.252 e. The zero-order valence-corrected chi connectivity index (χ0v) is 13.0. The topological polar surface area (TPSA) is 47.8 Å². The van der Waals surface area contributed by atoms with E-state index in [0.29, 0.717) is 0 Å². The minimum atomic E-state index is -0.0347. The van der Waals surface area contributed by atoms with Gasteiger partial charge >= 0.3 is 0 Å². The average molecular weight is 289 g/mol. The van der Waals surface area contributed by atoms with Gasteiger partial charge in [0.05, 0.1) is 0 Å². The van der Waals surface area contributed by atoms with Crippen LogP contribution in [0.5, 0.6) is 0 Å². The van der Waals surface area contributed by atoms with Gasteiger partial charge in [0, 0.05) is 23.2 Å². The Morgan fingerprint density at radius 1 is 1.45 bits per heavy atom. The monoisotopic (exact) mass is 289 g/mol. The first-order valence-electron chi connectivity index (χ1n) is 7.05. The van der Waals surface area contributed by atoms with Crippen LogP contribution in [0.1, 0.15) is 38.2 Å². The predicted molar refractivity (Wildman–Crippen MR) is 82.4 cm³/mol. The molecule has 1 aliphatic carbocycles. The second kappa shape index (κ2) is 4.88. The molecule has 0 atom stereocenters. The predicted octanol–water partition coefficient (Wildman–Crippen LogP) is 3.11. The zero-order valence-electron chi connectivity index (χ0n) is 12.1. The fourth-order valence-corrected chi connectivity index (χ4v) is 3.45. The number of nitrogens with zero attached hydrogens (tertiary/aromatic N) is 3. The van der Waals surface area contributed by atoms with Crippen molar-refractivity contribution in [1.82, 2.24) is 14.5 Å². The van der Waals surface area contributed by atoms with Crippen LogP contribution in [0.25, 0.3) is 11.0 Å². The molecule has 1 saturated carbocycles. The van der Waals surface area contributed by atoms with Crippen molar-refractivity contribution in [3.8, 4) is 0 Å². The van der Waals surface area contributed by atoms with E-state index >= 15 is 0 Å².